The zero-order valence-corrected chi connectivity index (χ0v) is 10.5. The first-order chi connectivity index (χ1) is 8.66. The first-order valence-corrected chi connectivity index (χ1v) is 6.10. The molecular formula is C15H15N3. The molecule has 0 aliphatic carbocycles. The predicted octanol–water partition coefficient (Wildman–Crippen LogP) is 3.49. The molecule has 18 heavy (non-hydrogen) atoms. The van der Waals surface area contributed by atoms with E-state index in [1.54, 1.807) is 6.20 Å². The van der Waals surface area contributed by atoms with Gasteiger partial charge < -0.3 is 5.73 Å². The minimum atomic E-state index is 0.381. The Bertz CT molecular complexity index is 732. The minimum absolute atomic E-state index is 0.381. The second-order valence-electron chi connectivity index (χ2n) is 4.82. The van der Waals surface area contributed by atoms with Crippen LogP contribution in [0.25, 0.3) is 21.8 Å². The van der Waals surface area contributed by atoms with Crippen molar-refractivity contribution < 1.29 is 0 Å². The number of nitrogens with two attached hydrogens (primary N) is 1. The first-order valence-electron chi connectivity index (χ1n) is 6.10. The quantitative estimate of drug-likeness (QED) is 0.659. The van der Waals surface area contributed by atoms with E-state index in [4.69, 9.17) is 5.73 Å². The topological polar surface area (TPSA) is 51.8 Å². The van der Waals surface area contributed by atoms with E-state index in [0.29, 0.717) is 11.7 Å². The van der Waals surface area contributed by atoms with Gasteiger partial charge in [0.2, 0.25) is 0 Å². The van der Waals surface area contributed by atoms with Crippen molar-refractivity contribution in [2.45, 2.75) is 19.8 Å². The molecule has 0 saturated carbocycles. The van der Waals surface area contributed by atoms with E-state index in [0.717, 1.165) is 27.4 Å². The predicted molar refractivity (Wildman–Crippen MR) is 75.5 cm³/mol. The fourth-order valence-corrected chi connectivity index (χ4v) is 2.28. The fourth-order valence-electron chi connectivity index (χ4n) is 2.28. The second-order valence-corrected chi connectivity index (χ2v) is 4.82. The Morgan fingerprint density at radius 1 is 1.17 bits per heavy atom. The molecule has 3 rings (SSSR count). The minimum Gasteiger partial charge on any atom is -0.383 e. The van der Waals surface area contributed by atoms with Gasteiger partial charge in [0.25, 0.3) is 0 Å². The maximum absolute atomic E-state index is 6.05. The molecule has 0 atom stereocenters. The monoisotopic (exact) mass is 237 g/mol. The Kier molecular flexibility index (Phi) is 2.40. The van der Waals surface area contributed by atoms with Crippen molar-refractivity contribution in [2.24, 2.45) is 0 Å². The van der Waals surface area contributed by atoms with Crippen LogP contribution in [0.15, 0.2) is 36.5 Å². The first kappa shape index (κ1) is 11.0. The van der Waals surface area contributed by atoms with Crippen LogP contribution in [0.3, 0.4) is 0 Å². The molecule has 0 bridgehead atoms. The van der Waals surface area contributed by atoms with Crippen LogP contribution in [-0.2, 0) is 0 Å². The summed E-state index contributed by atoms with van der Waals surface area (Å²) in [7, 11) is 0. The Morgan fingerprint density at radius 2 is 2.00 bits per heavy atom. The summed E-state index contributed by atoms with van der Waals surface area (Å²) in [4.78, 5) is 8.90. The summed E-state index contributed by atoms with van der Waals surface area (Å²) in [6, 6.07) is 10.2. The van der Waals surface area contributed by atoms with E-state index in [9.17, 15) is 0 Å². The molecule has 2 aromatic heterocycles. The lowest BCUT2D eigenvalue weighted by atomic mass is 10.0. The summed E-state index contributed by atoms with van der Waals surface area (Å²) >= 11 is 0. The molecule has 2 heterocycles. The lowest BCUT2D eigenvalue weighted by Crippen LogP contribution is -2.00. The number of nitrogens with zero attached hydrogens (tertiary/aromatic N) is 2. The largest absolute Gasteiger partial charge is 0.383 e. The molecule has 1 aromatic carbocycles. The van der Waals surface area contributed by atoms with Gasteiger partial charge in [-0.1, -0.05) is 19.9 Å². The molecule has 0 aliphatic heterocycles. The number of hydrogen-bond donors (Lipinski definition) is 1. The summed E-state index contributed by atoms with van der Waals surface area (Å²) < 4.78 is 0. The van der Waals surface area contributed by atoms with E-state index >= 15 is 0 Å². The van der Waals surface area contributed by atoms with Crippen LogP contribution in [0.5, 0.6) is 0 Å². The standard InChI is InChI=1S/C15H15N3/c1-9(2)12-8-10-5-6-13-11(4-3-7-17-13)14(10)18-15(12)16/h3-9H,1-2H3,(H2,16,18). The van der Waals surface area contributed by atoms with Crippen LogP contribution in [0.2, 0.25) is 0 Å². The van der Waals surface area contributed by atoms with Crippen LogP contribution < -0.4 is 5.73 Å². The van der Waals surface area contributed by atoms with E-state index in [2.05, 4.69) is 35.9 Å². The summed E-state index contributed by atoms with van der Waals surface area (Å²) in [6.07, 6.45) is 1.79. The van der Waals surface area contributed by atoms with Gasteiger partial charge in [-0.25, -0.2) is 4.98 Å². The molecule has 0 amide bonds. The van der Waals surface area contributed by atoms with E-state index in [-0.39, 0.29) is 0 Å². The van der Waals surface area contributed by atoms with Crippen molar-refractivity contribution in [1.82, 2.24) is 9.97 Å². The summed E-state index contributed by atoms with van der Waals surface area (Å²) in [6.45, 7) is 4.25. The molecule has 2 N–H and O–H groups in total. The van der Waals surface area contributed by atoms with Crippen molar-refractivity contribution in [1.29, 1.82) is 0 Å². The third kappa shape index (κ3) is 1.59. The second kappa shape index (κ2) is 3.95. The van der Waals surface area contributed by atoms with Gasteiger partial charge in [-0.05, 0) is 35.7 Å². The summed E-state index contributed by atoms with van der Waals surface area (Å²) in [5.74, 6) is 1.00. The number of hydrogen-bond acceptors (Lipinski definition) is 3. The number of rotatable bonds is 1. The molecule has 3 aromatic rings. The SMILES string of the molecule is CC(C)c1cc2ccc3ncccc3c2nc1N. The van der Waals surface area contributed by atoms with Crippen molar-refractivity contribution >= 4 is 27.6 Å². The molecule has 0 fully saturated rings. The third-order valence-corrected chi connectivity index (χ3v) is 3.25. The van der Waals surface area contributed by atoms with Crippen LogP contribution in [0.4, 0.5) is 5.82 Å². The van der Waals surface area contributed by atoms with Gasteiger partial charge >= 0.3 is 0 Å². The molecule has 0 aliphatic rings. The highest BCUT2D eigenvalue weighted by atomic mass is 14.8. The van der Waals surface area contributed by atoms with Crippen LogP contribution >= 0.6 is 0 Å². The van der Waals surface area contributed by atoms with Crippen LogP contribution in [0.1, 0.15) is 25.3 Å². The maximum Gasteiger partial charge on any atom is 0.127 e. The molecule has 3 heteroatoms. The zero-order chi connectivity index (χ0) is 12.7. The van der Waals surface area contributed by atoms with Gasteiger partial charge in [0.05, 0.1) is 11.0 Å². The lowest BCUT2D eigenvalue weighted by Gasteiger charge is -2.11. The summed E-state index contributed by atoms with van der Waals surface area (Å²) in [5, 5.41) is 2.17. The Balaban J connectivity index is 2.42. The number of nitrogen functional groups attached to an aromatic ring is 1. The third-order valence-electron chi connectivity index (χ3n) is 3.25. The lowest BCUT2D eigenvalue weighted by molar-refractivity contribution is 0.866. The highest BCUT2D eigenvalue weighted by Gasteiger charge is 2.09. The Hall–Kier alpha value is -2.16. The molecule has 0 radical (unpaired) electrons. The summed E-state index contributed by atoms with van der Waals surface area (Å²) in [5.41, 5.74) is 9.04. The number of benzene rings is 1. The smallest absolute Gasteiger partial charge is 0.127 e. The van der Waals surface area contributed by atoms with Crippen molar-refractivity contribution in [2.75, 3.05) is 5.73 Å². The average molecular weight is 237 g/mol. The van der Waals surface area contributed by atoms with E-state index < -0.39 is 0 Å². The molecule has 0 unspecified atom stereocenters. The average Bonchev–Trinajstić information content (AvgIpc) is 2.37. The van der Waals surface area contributed by atoms with Gasteiger partial charge in [0, 0.05) is 17.0 Å². The van der Waals surface area contributed by atoms with E-state index in [1.165, 1.54) is 0 Å². The van der Waals surface area contributed by atoms with Crippen LogP contribution in [0, 0.1) is 0 Å². The highest BCUT2D eigenvalue weighted by molar-refractivity contribution is 6.04. The zero-order valence-electron chi connectivity index (χ0n) is 10.5. The van der Waals surface area contributed by atoms with Gasteiger partial charge in [-0.2, -0.15) is 0 Å². The van der Waals surface area contributed by atoms with Gasteiger partial charge in [0.15, 0.2) is 0 Å². The normalized spacial score (nSPS) is 11.5. The van der Waals surface area contributed by atoms with Crippen molar-refractivity contribution in [3.05, 3.63) is 42.1 Å². The number of fused-ring (bicyclic) bond motifs is 3. The fraction of sp³-hybridized carbons (Fsp3) is 0.200. The molecule has 0 spiro atoms. The highest BCUT2D eigenvalue weighted by Crippen LogP contribution is 2.28. The molecular weight excluding hydrogens is 222 g/mol. The van der Waals surface area contributed by atoms with E-state index in [1.807, 2.05) is 18.2 Å². The van der Waals surface area contributed by atoms with Crippen LogP contribution in [-0.4, -0.2) is 9.97 Å². The number of aromatic nitrogens is 2. The van der Waals surface area contributed by atoms with Gasteiger partial charge in [0.1, 0.15) is 5.82 Å². The van der Waals surface area contributed by atoms with Gasteiger partial charge in [-0.3, -0.25) is 4.98 Å². The number of anilines is 1. The van der Waals surface area contributed by atoms with Crippen molar-refractivity contribution in [3.8, 4) is 0 Å². The molecule has 90 valence electrons. The van der Waals surface area contributed by atoms with Gasteiger partial charge in [-0.15, -0.1) is 0 Å². The Morgan fingerprint density at radius 3 is 2.78 bits per heavy atom. The number of pyridine rings is 2. The Labute approximate surface area is 106 Å². The molecule has 3 nitrogen and oxygen atoms in total. The van der Waals surface area contributed by atoms with Crippen molar-refractivity contribution in [3.63, 3.8) is 0 Å². The molecule has 0 saturated heterocycles. The maximum atomic E-state index is 6.05.